The summed E-state index contributed by atoms with van der Waals surface area (Å²) in [5, 5.41) is 25.3. The Kier molecular flexibility index (Phi) is 6.87. The number of hydrogen-bond acceptors (Lipinski definition) is 8. The number of aliphatic hydroxyl groups is 2. The summed E-state index contributed by atoms with van der Waals surface area (Å²) in [5.41, 5.74) is 1.68. The highest BCUT2D eigenvalue weighted by Gasteiger charge is 2.51. The van der Waals surface area contributed by atoms with Crippen LogP contribution in [0.1, 0.15) is 17.5 Å². The third-order valence-corrected chi connectivity index (χ3v) is 6.68. The Balaban J connectivity index is 1.41. The van der Waals surface area contributed by atoms with Crippen molar-refractivity contribution in [2.24, 2.45) is 0 Å². The largest absolute Gasteiger partial charge is 0.454 e. The number of urea groups is 1. The van der Waals surface area contributed by atoms with Gasteiger partial charge in [-0.15, -0.1) is 0 Å². The molecule has 0 saturated carbocycles. The summed E-state index contributed by atoms with van der Waals surface area (Å²) in [6, 6.07) is 13.2. The normalized spacial score (nSPS) is 21.5. The molecule has 2 atom stereocenters. The number of fused-ring (bicyclic) bond motifs is 2. The van der Waals surface area contributed by atoms with Gasteiger partial charge in [0.1, 0.15) is 12.2 Å². The first-order valence-corrected chi connectivity index (χ1v) is 12.0. The quantitative estimate of drug-likeness (QED) is 0.464. The first-order valence-electron chi connectivity index (χ1n) is 12.0. The van der Waals surface area contributed by atoms with Crippen molar-refractivity contribution in [2.75, 3.05) is 26.9 Å². The number of carbonyl (C=O) groups excluding carboxylic acids is 3. The molecule has 12 nitrogen and oxygen atoms in total. The van der Waals surface area contributed by atoms with Crippen LogP contribution in [0.3, 0.4) is 0 Å². The zero-order valence-corrected chi connectivity index (χ0v) is 20.3. The van der Waals surface area contributed by atoms with Crippen LogP contribution in [-0.4, -0.2) is 93.3 Å². The zero-order valence-electron chi connectivity index (χ0n) is 20.3. The van der Waals surface area contributed by atoms with E-state index in [9.17, 15) is 24.6 Å². The number of carbonyl (C=O) groups is 3. The van der Waals surface area contributed by atoms with Crippen LogP contribution in [-0.2, 0) is 22.7 Å². The Bertz CT molecular complexity index is 1180. The maximum Gasteiger partial charge on any atom is 0.334 e. The maximum absolute atomic E-state index is 13.5. The minimum Gasteiger partial charge on any atom is -0.454 e. The number of ether oxygens (including phenoxy) is 2. The minimum absolute atomic E-state index is 0.0418. The van der Waals surface area contributed by atoms with Crippen LogP contribution in [0.15, 0.2) is 48.5 Å². The number of nitrogens with zero attached hydrogens (tertiary/aromatic N) is 4. The molecule has 4 amide bonds. The number of likely N-dealkylation sites (N-methyl/N-ethyl adjacent to an activating group) is 1. The molecule has 2 aromatic carbocycles. The van der Waals surface area contributed by atoms with Gasteiger partial charge in [-0.2, -0.15) is 0 Å². The molecule has 3 aliphatic heterocycles. The smallest absolute Gasteiger partial charge is 0.334 e. The van der Waals surface area contributed by atoms with E-state index in [0.29, 0.717) is 11.5 Å². The molecule has 0 aliphatic carbocycles. The van der Waals surface area contributed by atoms with E-state index in [0.717, 1.165) is 11.1 Å². The third-order valence-electron chi connectivity index (χ3n) is 6.68. The van der Waals surface area contributed by atoms with E-state index in [1.807, 2.05) is 36.4 Å². The second kappa shape index (κ2) is 10.2. The fourth-order valence-corrected chi connectivity index (χ4v) is 4.99. The number of hydrazine groups is 1. The number of rotatable bonds is 6. The Morgan fingerprint density at radius 3 is 2.59 bits per heavy atom. The predicted octanol–water partition coefficient (Wildman–Crippen LogP) is 0.0538. The molecule has 37 heavy (non-hydrogen) atoms. The van der Waals surface area contributed by atoms with Crippen LogP contribution in [0.25, 0.3) is 0 Å². The van der Waals surface area contributed by atoms with Crippen LogP contribution in [0.4, 0.5) is 4.79 Å². The molecule has 196 valence electrons. The van der Waals surface area contributed by atoms with Gasteiger partial charge in [0.25, 0.3) is 0 Å². The molecule has 0 unspecified atom stereocenters. The van der Waals surface area contributed by atoms with Gasteiger partial charge in [-0.25, -0.2) is 14.8 Å². The topological polar surface area (TPSA) is 135 Å². The van der Waals surface area contributed by atoms with Crippen molar-refractivity contribution in [3.05, 3.63) is 59.7 Å². The Morgan fingerprint density at radius 2 is 1.84 bits per heavy atom. The molecule has 3 aliphatic rings. The molecule has 12 heteroatoms. The zero-order chi connectivity index (χ0) is 26.1. The number of benzene rings is 2. The van der Waals surface area contributed by atoms with Gasteiger partial charge in [-0.3, -0.25) is 9.59 Å². The number of hydrogen-bond donors (Lipinski definition) is 3. The van der Waals surface area contributed by atoms with Crippen molar-refractivity contribution >= 4 is 17.8 Å². The molecule has 2 saturated heterocycles. The summed E-state index contributed by atoms with van der Waals surface area (Å²) in [6.45, 7) is 0.484. The van der Waals surface area contributed by atoms with Gasteiger partial charge in [0.05, 0.1) is 13.1 Å². The van der Waals surface area contributed by atoms with Crippen molar-refractivity contribution in [3.8, 4) is 11.5 Å². The molecule has 2 fully saturated rings. The molecular weight excluding hydrogens is 482 g/mol. The van der Waals surface area contributed by atoms with Crippen molar-refractivity contribution in [1.29, 1.82) is 0 Å². The molecular formula is C25H29N5O7. The van der Waals surface area contributed by atoms with E-state index < -0.39 is 30.4 Å². The fourth-order valence-electron chi connectivity index (χ4n) is 4.99. The molecule has 0 bridgehead atoms. The van der Waals surface area contributed by atoms with E-state index >= 15 is 0 Å². The highest BCUT2D eigenvalue weighted by atomic mass is 16.7. The van der Waals surface area contributed by atoms with Crippen LogP contribution in [0.5, 0.6) is 11.5 Å². The molecule has 3 heterocycles. The summed E-state index contributed by atoms with van der Waals surface area (Å²) in [7, 11) is 1.63. The Hall–Kier alpha value is -3.87. The average molecular weight is 512 g/mol. The minimum atomic E-state index is -1.81. The lowest BCUT2D eigenvalue weighted by molar-refractivity contribution is -0.192. The standard InChI is InChI=1S/C25H29N5O7/c1-27-14-22(31)29-18(10-23(32)33)24(34)28(12-17-7-8-19-20(9-17)37-15-36-19)13-21(29)30(27)25(35)26-11-16-5-3-2-4-6-16/h2-9,18,21,23,32-33H,10-15H2,1H3,(H,26,35)/t18-,21-/m0/s1. The lowest BCUT2D eigenvalue weighted by Crippen LogP contribution is -2.76. The molecule has 3 N–H and O–H groups in total. The van der Waals surface area contributed by atoms with Crippen LogP contribution >= 0.6 is 0 Å². The second-order valence-electron chi connectivity index (χ2n) is 9.22. The summed E-state index contributed by atoms with van der Waals surface area (Å²) >= 11 is 0. The Morgan fingerprint density at radius 1 is 1.08 bits per heavy atom. The molecule has 0 aromatic heterocycles. The summed E-state index contributed by atoms with van der Waals surface area (Å²) in [6.07, 6.45) is -3.02. The first-order chi connectivity index (χ1) is 17.8. The van der Waals surface area contributed by atoms with E-state index in [1.165, 1.54) is 19.8 Å². The van der Waals surface area contributed by atoms with Gasteiger partial charge in [0.15, 0.2) is 17.8 Å². The van der Waals surface area contributed by atoms with Crippen LogP contribution in [0, 0.1) is 0 Å². The van der Waals surface area contributed by atoms with Gasteiger partial charge >= 0.3 is 6.03 Å². The number of amides is 4. The van der Waals surface area contributed by atoms with Gasteiger partial charge in [-0.1, -0.05) is 36.4 Å². The van der Waals surface area contributed by atoms with Crippen LogP contribution in [0.2, 0.25) is 0 Å². The summed E-state index contributed by atoms with van der Waals surface area (Å²) in [4.78, 5) is 42.7. The van der Waals surface area contributed by atoms with Gasteiger partial charge in [-0.05, 0) is 23.3 Å². The average Bonchev–Trinajstić information content (AvgIpc) is 3.33. The molecule has 5 rings (SSSR count). The highest BCUT2D eigenvalue weighted by Crippen LogP contribution is 2.34. The van der Waals surface area contributed by atoms with E-state index in [1.54, 1.807) is 19.2 Å². The van der Waals surface area contributed by atoms with Gasteiger partial charge in [0.2, 0.25) is 18.6 Å². The van der Waals surface area contributed by atoms with E-state index in [2.05, 4.69) is 5.32 Å². The first kappa shape index (κ1) is 24.8. The number of aliphatic hydroxyl groups excluding tert-OH is 1. The molecule has 0 radical (unpaired) electrons. The van der Waals surface area contributed by atoms with Gasteiger partial charge < -0.3 is 34.8 Å². The van der Waals surface area contributed by atoms with Crippen molar-refractivity contribution in [3.63, 3.8) is 0 Å². The fraction of sp³-hybridized carbons (Fsp3) is 0.400. The van der Waals surface area contributed by atoms with Gasteiger partial charge in [0, 0.05) is 26.6 Å². The number of nitrogens with one attached hydrogen (secondary N) is 1. The third kappa shape index (κ3) is 5.03. The van der Waals surface area contributed by atoms with Crippen molar-refractivity contribution in [1.82, 2.24) is 25.1 Å². The summed E-state index contributed by atoms with van der Waals surface area (Å²) in [5.74, 6) is 0.383. The van der Waals surface area contributed by atoms with Crippen molar-refractivity contribution < 1.29 is 34.1 Å². The van der Waals surface area contributed by atoms with E-state index in [-0.39, 0.29) is 45.3 Å². The Labute approximate surface area is 213 Å². The SMILES string of the molecule is CN1CC(=O)N2[C@@H](CC(O)O)C(=O)N(Cc3ccc4c(c3)OCO4)C[C@@H]2N1C(=O)NCc1ccccc1. The summed E-state index contributed by atoms with van der Waals surface area (Å²) < 4.78 is 10.8. The number of piperazine rings is 1. The lowest BCUT2D eigenvalue weighted by Gasteiger charge is -2.54. The van der Waals surface area contributed by atoms with Crippen LogP contribution < -0.4 is 14.8 Å². The molecule has 2 aromatic rings. The monoisotopic (exact) mass is 511 g/mol. The maximum atomic E-state index is 13.5. The lowest BCUT2D eigenvalue weighted by atomic mass is 10.0. The second-order valence-corrected chi connectivity index (χ2v) is 9.22. The predicted molar refractivity (Wildman–Crippen MR) is 128 cm³/mol. The van der Waals surface area contributed by atoms with E-state index in [4.69, 9.17) is 9.47 Å². The molecule has 0 spiro atoms. The highest BCUT2D eigenvalue weighted by molar-refractivity contribution is 5.91. The van der Waals surface area contributed by atoms with Crippen molar-refractivity contribution in [2.45, 2.75) is 38.0 Å².